The van der Waals surface area contributed by atoms with Crippen LogP contribution in [-0.4, -0.2) is 16.0 Å². The first kappa shape index (κ1) is 18.5. The number of rotatable bonds is 3. The zero-order valence-electron chi connectivity index (χ0n) is 13.1. The van der Waals surface area contributed by atoms with Gasteiger partial charge in [0, 0.05) is 5.02 Å². The number of hydrogen-bond acceptors (Lipinski definition) is 3. The van der Waals surface area contributed by atoms with Crippen LogP contribution in [0.15, 0.2) is 53.4 Å². The van der Waals surface area contributed by atoms with Crippen LogP contribution in [0.4, 0.5) is 18.0 Å². The SMILES string of the molecule is O=C1S/C(=C\c2ccc(C(F)(F)F)cc2)C(=O)N1Cc1cccc(Cl)c1. The van der Waals surface area contributed by atoms with Gasteiger partial charge in [-0.1, -0.05) is 35.9 Å². The second-order valence-corrected chi connectivity index (χ2v) is 6.95. The van der Waals surface area contributed by atoms with Crippen molar-refractivity contribution in [2.75, 3.05) is 0 Å². The Balaban J connectivity index is 1.78. The predicted molar refractivity (Wildman–Crippen MR) is 94.4 cm³/mol. The van der Waals surface area contributed by atoms with Crippen molar-refractivity contribution in [3.63, 3.8) is 0 Å². The molecule has 26 heavy (non-hydrogen) atoms. The normalized spacial score (nSPS) is 16.6. The van der Waals surface area contributed by atoms with Gasteiger partial charge in [-0.25, -0.2) is 0 Å². The van der Waals surface area contributed by atoms with Gasteiger partial charge in [-0.3, -0.25) is 14.5 Å². The summed E-state index contributed by atoms with van der Waals surface area (Å²) in [7, 11) is 0. The molecule has 3 rings (SSSR count). The summed E-state index contributed by atoms with van der Waals surface area (Å²) in [5.41, 5.74) is 0.338. The molecule has 2 aromatic rings. The molecule has 2 aromatic carbocycles. The number of nitrogens with zero attached hydrogens (tertiary/aromatic N) is 1. The molecule has 0 bridgehead atoms. The summed E-state index contributed by atoms with van der Waals surface area (Å²) < 4.78 is 37.8. The Hall–Kier alpha value is -2.25. The zero-order valence-corrected chi connectivity index (χ0v) is 14.7. The van der Waals surface area contributed by atoms with Crippen molar-refractivity contribution >= 4 is 40.6 Å². The number of benzene rings is 2. The van der Waals surface area contributed by atoms with Gasteiger partial charge in [0.1, 0.15) is 0 Å². The van der Waals surface area contributed by atoms with E-state index >= 15 is 0 Å². The third kappa shape index (κ3) is 4.11. The lowest BCUT2D eigenvalue weighted by Gasteiger charge is -2.12. The molecule has 0 aliphatic carbocycles. The second kappa shape index (κ2) is 7.17. The fraction of sp³-hybridized carbons (Fsp3) is 0.111. The Morgan fingerprint density at radius 1 is 1.08 bits per heavy atom. The van der Waals surface area contributed by atoms with Gasteiger partial charge in [-0.05, 0) is 53.2 Å². The number of thioether (sulfide) groups is 1. The molecular formula is C18H11ClF3NO2S. The van der Waals surface area contributed by atoms with Crippen LogP contribution in [0, 0.1) is 0 Å². The Labute approximate surface area is 156 Å². The highest BCUT2D eigenvalue weighted by atomic mass is 35.5. The minimum atomic E-state index is -4.42. The second-order valence-electron chi connectivity index (χ2n) is 5.52. The van der Waals surface area contributed by atoms with E-state index in [0.29, 0.717) is 16.1 Å². The highest BCUT2D eigenvalue weighted by Gasteiger charge is 2.35. The van der Waals surface area contributed by atoms with E-state index in [9.17, 15) is 22.8 Å². The molecule has 1 aliphatic rings. The molecule has 1 saturated heterocycles. The van der Waals surface area contributed by atoms with Crippen molar-refractivity contribution in [2.45, 2.75) is 12.7 Å². The van der Waals surface area contributed by atoms with E-state index in [0.717, 1.165) is 28.8 Å². The molecule has 2 amide bonds. The molecule has 0 N–H and O–H groups in total. The maximum Gasteiger partial charge on any atom is 0.416 e. The summed E-state index contributed by atoms with van der Waals surface area (Å²) in [6.07, 6.45) is -3.02. The van der Waals surface area contributed by atoms with Gasteiger partial charge in [0.2, 0.25) is 0 Å². The van der Waals surface area contributed by atoms with Crippen LogP contribution < -0.4 is 0 Å². The van der Waals surface area contributed by atoms with Crippen molar-refractivity contribution in [3.05, 3.63) is 75.1 Å². The number of hydrogen-bond donors (Lipinski definition) is 0. The van der Waals surface area contributed by atoms with Gasteiger partial charge in [-0.15, -0.1) is 0 Å². The maximum atomic E-state index is 12.6. The van der Waals surface area contributed by atoms with Crippen molar-refractivity contribution in [1.29, 1.82) is 0 Å². The van der Waals surface area contributed by atoms with Gasteiger partial charge < -0.3 is 0 Å². The average Bonchev–Trinajstić information content (AvgIpc) is 2.82. The molecular weight excluding hydrogens is 387 g/mol. The molecule has 134 valence electrons. The molecule has 1 aliphatic heterocycles. The third-order valence-corrected chi connectivity index (χ3v) is 4.78. The lowest BCUT2D eigenvalue weighted by atomic mass is 10.1. The Bertz CT molecular complexity index is 894. The van der Waals surface area contributed by atoms with E-state index < -0.39 is 22.9 Å². The summed E-state index contributed by atoms with van der Waals surface area (Å²) in [6.45, 7) is 0.0789. The van der Waals surface area contributed by atoms with Crippen LogP contribution >= 0.6 is 23.4 Å². The lowest BCUT2D eigenvalue weighted by molar-refractivity contribution is -0.137. The van der Waals surface area contributed by atoms with Crippen molar-refractivity contribution < 1.29 is 22.8 Å². The fourth-order valence-corrected chi connectivity index (χ4v) is 3.43. The fourth-order valence-electron chi connectivity index (χ4n) is 2.37. The first-order chi connectivity index (χ1) is 12.2. The lowest BCUT2D eigenvalue weighted by Crippen LogP contribution is -2.27. The van der Waals surface area contributed by atoms with Crippen LogP contribution in [-0.2, 0) is 17.5 Å². The summed E-state index contributed by atoms with van der Waals surface area (Å²) >= 11 is 6.65. The van der Waals surface area contributed by atoms with Gasteiger partial charge in [0.05, 0.1) is 17.0 Å². The molecule has 0 saturated carbocycles. The van der Waals surface area contributed by atoms with Crippen LogP contribution in [0.3, 0.4) is 0 Å². The van der Waals surface area contributed by atoms with E-state index in [1.165, 1.54) is 18.2 Å². The molecule has 0 unspecified atom stereocenters. The zero-order chi connectivity index (χ0) is 18.9. The number of amides is 2. The molecule has 1 heterocycles. The monoisotopic (exact) mass is 397 g/mol. The minimum absolute atomic E-state index is 0.0789. The van der Waals surface area contributed by atoms with Gasteiger partial charge in [-0.2, -0.15) is 13.2 Å². The Kier molecular flexibility index (Phi) is 5.11. The van der Waals surface area contributed by atoms with Crippen molar-refractivity contribution in [2.24, 2.45) is 0 Å². The smallest absolute Gasteiger partial charge is 0.268 e. The van der Waals surface area contributed by atoms with E-state index in [2.05, 4.69) is 0 Å². The first-order valence-corrected chi connectivity index (χ1v) is 8.60. The number of alkyl halides is 3. The summed E-state index contributed by atoms with van der Waals surface area (Å²) in [4.78, 5) is 25.8. The van der Waals surface area contributed by atoms with E-state index in [-0.39, 0.29) is 11.4 Å². The molecule has 0 aromatic heterocycles. The summed E-state index contributed by atoms with van der Waals surface area (Å²) in [5, 5.41) is 0.0582. The number of halogens is 4. The maximum absolute atomic E-state index is 12.6. The molecule has 8 heteroatoms. The van der Waals surface area contributed by atoms with Gasteiger partial charge in [0.15, 0.2) is 0 Å². The highest BCUT2D eigenvalue weighted by Crippen LogP contribution is 2.34. The largest absolute Gasteiger partial charge is 0.416 e. The van der Waals surface area contributed by atoms with E-state index in [4.69, 9.17) is 11.6 Å². The van der Waals surface area contributed by atoms with Gasteiger partial charge >= 0.3 is 6.18 Å². The Morgan fingerprint density at radius 3 is 2.38 bits per heavy atom. The Morgan fingerprint density at radius 2 is 1.77 bits per heavy atom. The molecule has 0 atom stereocenters. The molecule has 3 nitrogen and oxygen atoms in total. The standard InChI is InChI=1S/C18H11ClF3NO2S/c19-14-3-1-2-12(8-14)10-23-16(24)15(26-17(23)25)9-11-4-6-13(7-5-11)18(20,21)22/h1-9H,10H2/b15-9-. The molecule has 1 fully saturated rings. The summed E-state index contributed by atoms with van der Waals surface area (Å²) in [5.74, 6) is -0.486. The highest BCUT2D eigenvalue weighted by molar-refractivity contribution is 8.18. The van der Waals surface area contributed by atoms with Crippen molar-refractivity contribution in [3.8, 4) is 0 Å². The minimum Gasteiger partial charge on any atom is -0.268 e. The van der Waals surface area contributed by atoms with Crippen LogP contribution in [0.5, 0.6) is 0 Å². The van der Waals surface area contributed by atoms with Crippen molar-refractivity contribution in [1.82, 2.24) is 4.90 Å². The summed E-state index contributed by atoms with van der Waals surface area (Å²) in [6, 6.07) is 11.2. The first-order valence-electron chi connectivity index (χ1n) is 7.41. The quantitative estimate of drug-likeness (QED) is 0.633. The third-order valence-electron chi connectivity index (χ3n) is 3.64. The number of carbonyl (C=O) groups is 2. The van der Waals surface area contributed by atoms with Crippen LogP contribution in [0.25, 0.3) is 6.08 Å². The van der Waals surface area contributed by atoms with Crippen LogP contribution in [0.1, 0.15) is 16.7 Å². The topological polar surface area (TPSA) is 37.4 Å². The van der Waals surface area contributed by atoms with Gasteiger partial charge in [0.25, 0.3) is 11.1 Å². The van der Waals surface area contributed by atoms with E-state index in [1.807, 2.05) is 0 Å². The molecule has 0 spiro atoms. The predicted octanol–water partition coefficient (Wildman–Crippen LogP) is 5.60. The number of carbonyl (C=O) groups excluding carboxylic acids is 2. The number of imide groups is 1. The van der Waals surface area contributed by atoms with E-state index in [1.54, 1.807) is 24.3 Å². The van der Waals surface area contributed by atoms with Crippen LogP contribution in [0.2, 0.25) is 5.02 Å². The average molecular weight is 398 g/mol. The molecule has 0 radical (unpaired) electrons.